The lowest BCUT2D eigenvalue weighted by atomic mass is 9.69. The van der Waals surface area contributed by atoms with E-state index < -0.39 is 11.4 Å². The van der Waals surface area contributed by atoms with Gasteiger partial charge in [-0.15, -0.1) is 0 Å². The first-order chi connectivity index (χ1) is 9.65. The summed E-state index contributed by atoms with van der Waals surface area (Å²) in [4.78, 5) is 11.9. The molecule has 108 valence electrons. The Hall–Kier alpha value is -1.23. The Morgan fingerprint density at radius 1 is 1.15 bits per heavy atom. The summed E-state index contributed by atoms with van der Waals surface area (Å²) in [5.41, 5.74) is 0.0152. The van der Waals surface area contributed by atoms with Crippen molar-refractivity contribution in [1.29, 1.82) is 0 Å². The largest absolute Gasteiger partial charge is 0.486 e. The van der Waals surface area contributed by atoms with Gasteiger partial charge in [0.25, 0.3) is 0 Å². The van der Waals surface area contributed by atoms with Crippen LogP contribution in [0.25, 0.3) is 0 Å². The lowest BCUT2D eigenvalue weighted by molar-refractivity contribution is -0.145. The van der Waals surface area contributed by atoms with Crippen molar-refractivity contribution in [3.63, 3.8) is 0 Å². The molecule has 0 aromatic heterocycles. The molecule has 1 aliphatic carbocycles. The van der Waals surface area contributed by atoms with E-state index in [2.05, 4.69) is 15.9 Å². The molecule has 1 heterocycles. The fourth-order valence-electron chi connectivity index (χ4n) is 3.21. The Labute approximate surface area is 126 Å². The highest BCUT2D eigenvalue weighted by Crippen LogP contribution is 2.48. The Bertz CT molecular complexity index is 535. The van der Waals surface area contributed by atoms with Gasteiger partial charge in [0, 0.05) is 0 Å². The van der Waals surface area contributed by atoms with E-state index in [9.17, 15) is 9.90 Å². The molecule has 1 saturated carbocycles. The summed E-state index contributed by atoms with van der Waals surface area (Å²) >= 11 is 3.54. The molecule has 1 N–H and O–H groups in total. The summed E-state index contributed by atoms with van der Waals surface area (Å²) in [5.74, 6) is 0.581. The lowest BCUT2D eigenvalue weighted by Gasteiger charge is -2.35. The fraction of sp³-hybridized carbons (Fsp3) is 0.533. The molecule has 0 unspecified atom stereocenters. The van der Waals surface area contributed by atoms with Crippen LogP contribution in [-0.2, 0) is 10.2 Å². The van der Waals surface area contributed by atoms with E-state index in [-0.39, 0.29) is 0 Å². The van der Waals surface area contributed by atoms with Crippen LogP contribution in [0.3, 0.4) is 0 Å². The van der Waals surface area contributed by atoms with Crippen molar-refractivity contribution in [3.8, 4) is 11.5 Å². The number of aliphatic carboxylic acids is 1. The molecule has 4 nitrogen and oxygen atoms in total. The van der Waals surface area contributed by atoms with Gasteiger partial charge in [0.1, 0.15) is 13.2 Å². The van der Waals surface area contributed by atoms with Crippen LogP contribution in [0.4, 0.5) is 0 Å². The fourth-order valence-corrected chi connectivity index (χ4v) is 4.03. The van der Waals surface area contributed by atoms with E-state index in [4.69, 9.17) is 9.47 Å². The van der Waals surface area contributed by atoms with Gasteiger partial charge in [-0.1, -0.05) is 25.3 Å². The smallest absolute Gasteiger partial charge is 0.314 e. The minimum atomic E-state index is -0.799. The molecule has 5 heteroatoms. The van der Waals surface area contributed by atoms with Gasteiger partial charge < -0.3 is 14.6 Å². The third-order valence-electron chi connectivity index (χ3n) is 4.28. The average molecular weight is 341 g/mol. The van der Waals surface area contributed by atoms with Gasteiger partial charge in [-0.3, -0.25) is 4.79 Å². The highest BCUT2D eigenvalue weighted by atomic mass is 79.9. The molecule has 0 spiro atoms. The Morgan fingerprint density at radius 2 is 1.85 bits per heavy atom. The summed E-state index contributed by atoms with van der Waals surface area (Å²) in [5, 5.41) is 9.78. The van der Waals surface area contributed by atoms with Crippen LogP contribution in [0.15, 0.2) is 16.6 Å². The van der Waals surface area contributed by atoms with Gasteiger partial charge in [0.2, 0.25) is 0 Å². The molecule has 0 saturated heterocycles. The highest BCUT2D eigenvalue weighted by Gasteiger charge is 2.43. The third-order valence-corrected chi connectivity index (χ3v) is 5.07. The van der Waals surface area contributed by atoms with Crippen molar-refractivity contribution in [2.45, 2.75) is 37.5 Å². The quantitative estimate of drug-likeness (QED) is 0.894. The van der Waals surface area contributed by atoms with Gasteiger partial charge in [-0.25, -0.2) is 0 Å². The summed E-state index contributed by atoms with van der Waals surface area (Å²) < 4.78 is 11.9. The second-order valence-corrected chi connectivity index (χ2v) is 6.19. The van der Waals surface area contributed by atoms with Gasteiger partial charge in [-0.05, 0) is 40.4 Å². The van der Waals surface area contributed by atoms with E-state index in [0.717, 1.165) is 29.3 Å². The number of ether oxygens (including phenoxy) is 2. The number of carboxylic acid groups (broad SMARTS) is 1. The van der Waals surface area contributed by atoms with Crippen molar-refractivity contribution in [3.05, 3.63) is 22.2 Å². The van der Waals surface area contributed by atoms with Crippen molar-refractivity contribution < 1.29 is 19.4 Å². The van der Waals surface area contributed by atoms with E-state index in [1.165, 1.54) is 0 Å². The molecule has 3 rings (SSSR count). The second kappa shape index (κ2) is 5.28. The van der Waals surface area contributed by atoms with E-state index >= 15 is 0 Å². The van der Waals surface area contributed by atoms with Gasteiger partial charge in [0.05, 0.1) is 9.89 Å². The Morgan fingerprint density at radius 3 is 2.55 bits per heavy atom. The zero-order chi connectivity index (χ0) is 14.2. The second-order valence-electron chi connectivity index (χ2n) is 5.40. The van der Waals surface area contributed by atoms with E-state index in [0.29, 0.717) is 37.6 Å². The molecular formula is C15H17BrO4. The molecule has 2 aliphatic rings. The first kappa shape index (κ1) is 13.7. The number of carbonyl (C=O) groups is 1. The SMILES string of the molecule is O=C(O)C1(c2ccc3c(c2Br)OCCO3)CCCCC1. The normalized spacial score (nSPS) is 20.4. The number of fused-ring (bicyclic) bond motifs is 1. The molecule has 0 bridgehead atoms. The van der Waals surface area contributed by atoms with Gasteiger partial charge in [0.15, 0.2) is 11.5 Å². The number of hydrogen-bond donors (Lipinski definition) is 1. The Kier molecular flexibility index (Phi) is 3.63. The van der Waals surface area contributed by atoms with Crippen LogP contribution < -0.4 is 9.47 Å². The maximum absolute atomic E-state index is 11.9. The number of rotatable bonds is 2. The van der Waals surface area contributed by atoms with E-state index in [1.807, 2.05) is 12.1 Å². The minimum absolute atomic E-state index is 0.495. The van der Waals surface area contributed by atoms with Gasteiger partial charge in [-0.2, -0.15) is 0 Å². The zero-order valence-electron chi connectivity index (χ0n) is 11.2. The maximum Gasteiger partial charge on any atom is 0.314 e. The number of carboxylic acids is 1. The first-order valence-corrected chi connectivity index (χ1v) is 7.76. The average Bonchev–Trinajstić information content (AvgIpc) is 2.48. The predicted molar refractivity (Wildman–Crippen MR) is 77.5 cm³/mol. The van der Waals surface area contributed by atoms with Crippen LogP contribution in [0.5, 0.6) is 11.5 Å². The molecule has 1 aliphatic heterocycles. The minimum Gasteiger partial charge on any atom is -0.486 e. The predicted octanol–water partition coefficient (Wildman–Crippen LogP) is 3.51. The monoisotopic (exact) mass is 340 g/mol. The van der Waals surface area contributed by atoms with Crippen LogP contribution in [-0.4, -0.2) is 24.3 Å². The molecule has 1 aromatic rings. The third kappa shape index (κ3) is 2.08. The first-order valence-electron chi connectivity index (χ1n) is 6.97. The standard InChI is InChI=1S/C15H17BrO4/c16-12-10(4-5-11-13(12)20-9-8-19-11)15(14(17)18)6-2-1-3-7-15/h4-5H,1-3,6-9H2,(H,17,18). The molecule has 0 atom stereocenters. The summed E-state index contributed by atoms with van der Waals surface area (Å²) in [7, 11) is 0. The van der Waals surface area contributed by atoms with Crippen molar-refractivity contribution in [1.82, 2.24) is 0 Å². The van der Waals surface area contributed by atoms with Crippen molar-refractivity contribution >= 4 is 21.9 Å². The molecule has 1 fully saturated rings. The molecule has 20 heavy (non-hydrogen) atoms. The molecule has 0 radical (unpaired) electrons. The maximum atomic E-state index is 11.9. The lowest BCUT2D eigenvalue weighted by Crippen LogP contribution is -2.38. The van der Waals surface area contributed by atoms with E-state index in [1.54, 1.807) is 0 Å². The molecule has 1 aromatic carbocycles. The number of benzene rings is 1. The van der Waals surface area contributed by atoms with Crippen LogP contribution >= 0.6 is 15.9 Å². The summed E-state index contributed by atoms with van der Waals surface area (Å²) in [6.07, 6.45) is 4.37. The van der Waals surface area contributed by atoms with Crippen LogP contribution in [0.2, 0.25) is 0 Å². The van der Waals surface area contributed by atoms with Crippen LogP contribution in [0, 0.1) is 0 Å². The Balaban J connectivity index is 2.10. The number of halogens is 1. The topological polar surface area (TPSA) is 55.8 Å². The molecular weight excluding hydrogens is 324 g/mol. The van der Waals surface area contributed by atoms with Crippen molar-refractivity contribution in [2.75, 3.05) is 13.2 Å². The zero-order valence-corrected chi connectivity index (χ0v) is 12.7. The van der Waals surface area contributed by atoms with Crippen LogP contribution in [0.1, 0.15) is 37.7 Å². The van der Waals surface area contributed by atoms with Gasteiger partial charge >= 0.3 is 5.97 Å². The molecule has 0 amide bonds. The van der Waals surface area contributed by atoms with Crippen molar-refractivity contribution in [2.24, 2.45) is 0 Å². The number of hydrogen-bond acceptors (Lipinski definition) is 3. The summed E-state index contributed by atoms with van der Waals surface area (Å²) in [6.45, 7) is 1.03. The highest BCUT2D eigenvalue weighted by molar-refractivity contribution is 9.10. The summed E-state index contributed by atoms with van der Waals surface area (Å²) in [6, 6.07) is 3.70.